The van der Waals surface area contributed by atoms with E-state index in [1.165, 1.54) is 0 Å². The van der Waals surface area contributed by atoms with Gasteiger partial charge in [-0.25, -0.2) is 0 Å². The predicted octanol–water partition coefficient (Wildman–Crippen LogP) is -0.0921. The average Bonchev–Trinajstić information content (AvgIpc) is 2.33. The van der Waals surface area contributed by atoms with Crippen molar-refractivity contribution in [3.63, 3.8) is 0 Å². The summed E-state index contributed by atoms with van der Waals surface area (Å²) in [5.41, 5.74) is 5.56. The number of carbonyl (C=O) groups is 1. The molecule has 0 fully saturated rings. The van der Waals surface area contributed by atoms with Crippen LogP contribution in [0.1, 0.15) is 23.2 Å². The second-order valence-electron chi connectivity index (χ2n) is 2.33. The Kier molecular flexibility index (Phi) is 2.00. The van der Waals surface area contributed by atoms with Crippen LogP contribution in [-0.4, -0.2) is 22.2 Å². The van der Waals surface area contributed by atoms with Crippen molar-refractivity contribution in [2.45, 2.75) is 19.9 Å². The van der Waals surface area contributed by atoms with Gasteiger partial charge in [0.1, 0.15) is 0 Å². The number of rotatable bonds is 2. The number of ketones is 1. The molecule has 0 aliphatic rings. The summed E-state index contributed by atoms with van der Waals surface area (Å²) in [6.45, 7) is 3.21. The van der Waals surface area contributed by atoms with E-state index in [2.05, 4.69) is 14.9 Å². The maximum atomic E-state index is 11.1. The van der Waals surface area contributed by atoms with Gasteiger partial charge in [0, 0.05) is 5.27 Å². The molecule has 0 bridgehead atoms. The van der Waals surface area contributed by atoms with Gasteiger partial charge in [0.2, 0.25) is 5.78 Å². The van der Waals surface area contributed by atoms with Gasteiger partial charge in [0.25, 0.3) is 0 Å². The van der Waals surface area contributed by atoms with Gasteiger partial charge in [0.15, 0.2) is 11.5 Å². The lowest BCUT2D eigenvalue weighted by Gasteiger charge is -1.98. The van der Waals surface area contributed by atoms with Gasteiger partial charge >= 0.3 is 0 Å². The highest BCUT2D eigenvalue weighted by Gasteiger charge is 2.17. The van der Waals surface area contributed by atoms with Crippen LogP contribution < -0.4 is 5.73 Å². The zero-order chi connectivity index (χ0) is 8.43. The molecule has 60 valence electrons. The molecule has 1 heterocycles. The molecule has 11 heavy (non-hydrogen) atoms. The lowest BCUT2D eigenvalue weighted by Crippen LogP contribution is -2.27. The summed E-state index contributed by atoms with van der Waals surface area (Å²) in [6, 6.07) is -0.555. The third-order valence-electron chi connectivity index (χ3n) is 1.30. The quantitative estimate of drug-likeness (QED) is 0.603. The van der Waals surface area contributed by atoms with Gasteiger partial charge in [-0.3, -0.25) is 4.79 Å². The molecule has 1 unspecified atom stereocenters. The molecule has 0 saturated heterocycles. The van der Waals surface area contributed by atoms with E-state index in [-0.39, 0.29) is 11.5 Å². The molecule has 1 aromatic heterocycles. The van der Waals surface area contributed by atoms with Crippen molar-refractivity contribution in [3.05, 3.63) is 11.5 Å². The highest BCUT2D eigenvalue weighted by atomic mass is 16.5. The van der Waals surface area contributed by atoms with E-state index >= 15 is 0 Å². The van der Waals surface area contributed by atoms with Crippen LogP contribution in [0.25, 0.3) is 0 Å². The maximum absolute atomic E-state index is 11.1. The van der Waals surface area contributed by atoms with Crippen molar-refractivity contribution in [2.75, 3.05) is 0 Å². The lowest BCUT2D eigenvalue weighted by atomic mass is 10.1. The molecule has 0 aromatic carbocycles. The minimum atomic E-state index is -0.555. The van der Waals surface area contributed by atoms with Crippen LogP contribution in [-0.2, 0) is 0 Å². The number of aryl methyl sites for hydroxylation is 1. The Bertz CT molecular complexity index is 267. The number of Topliss-reactive ketones (excluding diaryl/α,β-unsaturated/α-hetero) is 1. The third-order valence-corrected chi connectivity index (χ3v) is 1.30. The Morgan fingerprint density at radius 2 is 2.36 bits per heavy atom. The molecule has 5 heteroatoms. The highest BCUT2D eigenvalue weighted by Crippen LogP contribution is 2.04. The Labute approximate surface area is 63.5 Å². The first-order chi connectivity index (χ1) is 5.13. The number of aromatic nitrogens is 2. The largest absolute Gasteiger partial charge is 0.342 e. The topological polar surface area (TPSA) is 82.0 Å². The Hall–Kier alpha value is -1.23. The SMILES string of the molecule is Cc1onnc1C(=O)C(C)N. The van der Waals surface area contributed by atoms with E-state index in [9.17, 15) is 4.79 Å². The Balaban J connectivity index is 2.93. The molecule has 0 saturated carbocycles. The average molecular weight is 155 g/mol. The molecule has 1 aromatic rings. The lowest BCUT2D eigenvalue weighted by molar-refractivity contribution is 0.0962. The summed E-state index contributed by atoms with van der Waals surface area (Å²) >= 11 is 0. The number of nitrogens with zero attached hydrogens (tertiary/aromatic N) is 2. The van der Waals surface area contributed by atoms with Crippen molar-refractivity contribution in [1.29, 1.82) is 0 Å². The molecule has 0 aliphatic heterocycles. The summed E-state index contributed by atoms with van der Waals surface area (Å²) in [6.07, 6.45) is 0. The zero-order valence-electron chi connectivity index (χ0n) is 6.37. The van der Waals surface area contributed by atoms with Gasteiger partial charge in [0.05, 0.1) is 6.04 Å². The van der Waals surface area contributed by atoms with Crippen molar-refractivity contribution in [3.8, 4) is 0 Å². The summed E-state index contributed by atoms with van der Waals surface area (Å²) in [7, 11) is 0. The third kappa shape index (κ3) is 1.43. The first-order valence-electron chi connectivity index (χ1n) is 3.21. The van der Waals surface area contributed by atoms with Crippen LogP contribution in [0.3, 0.4) is 0 Å². The molecule has 1 atom stereocenters. The first-order valence-corrected chi connectivity index (χ1v) is 3.21. The van der Waals surface area contributed by atoms with Gasteiger partial charge in [-0.05, 0) is 13.8 Å². The van der Waals surface area contributed by atoms with Gasteiger partial charge in [-0.15, -0.1) is 5.10 Å². The highest BCUT2D eigenvalue weighted by molar-refractivity contribution is 5.98. The Morgan fingerprint density at radius 1 is 1.73 bits per heavy atom. The number of nitrogens with two attached hydrogens (primary N) is 1. The van der Waals surface area contributed by atoms with Gasteiger partial charge < -0.3 is 10.3 Å². The smallest absolute Gasteiger partial charge is 0.203 e. The molecule has 0 spiro atoms. The first kappa shape index (κ1) is 7.87. The van der Waals surface area contributed by atoms with Crippen molar-refractivity contribution >= 4 is 5.78 Å². The fraction of sp³-hybridized carbons (Fsp3) is 0.500. The molecule has 0 radical (unpaired) electrons. The number of hydrogen-bond acceptors (Lipinski definition) is 5. The van der Waals surface area contributed by atoms with Crippen LogP contribution in [0.2, 0.25) is 0 Å². The standard InChI is InChI=1S/C6H9N3O2/c1-3(7)6(10)5-4(2)11-9-8-5/h3H,7H2,1-2H3. The van der Waals surface area contributed by atoms with E-state index in [1.54, 1.807) is 13.8 Å². The van der Waals surface area contributed by atoms with E-state index < -0.39 is 6.04 Å². The minimum Gasteiger partial charge on any atom is -0.342 e. The van der Waals surface area contributed by atoms with Crippen LogP contribution in [0.15, 0.2) is 4.52 Å². The van der Waals surface area contributed by atoms with Crippen molar-refractivity contribution < 1.29 is 9.32 Å². The maximum Gasteiger partial charge on any atom is 0.203 e. The number of hydrogen-bond donors (Lipinski definition) is 1. The van der Waals surface area contributed by atoms with Crippen LogP contribution in [0.5, 0.6) is 0 Å². The number of carbonyl (C=O) groups excluding carboxylic acids is 1. The Morgan fingerprint density at radius 3 is 2.73 bits per heavy atom. The minimum absolute atomic E-state index is 0.222. The van der Waals surface area contributed by atoms with Crippen molar-refractivity contribution in [1.82, 2.24) is 10.4 Å². The van der Waals surface area contributed by atoms with Crippen molar-refractivity contribution in [2.24, 2.45) is 5.73 Å². The summed E-state index contributed by atoms with van der Waals surface area (Å²) < 4.78 is 4.60. The summed E-state index contributed by atoms with van der Waals surface area (Å²) in [4.78, 5) is 11.1. The molecule has 1 rings (SSSR count). The van der Waals surface area contributed by atoms with Gasteiger partial charge in [-0.1, -0.05) is 0 Å². The van der Waals surface area contributed by atoms with E-state index in [4.69, 9.17) is 5.73 Å². The summed E-state index contributed by atoms with van der Waals surface area (Å²) in [5, 5.41) is 6.71. The predicted molar refractivity (Wildman–Crippen MR) is 37.0 cm³/mol. The van der Waals surface area contributed by atoms with Crippen LogP contribution >= 0.6 is 0 Å². The summed E-state index contributed by atoms with van der Waals surface area (Å²) in [5.74, 6) is 0.163. The van der Waals surface area contributed by atoms with E-state index in [1.807, 2.05) is 0 Å². The molecule has 5 nitrogen and oxygen atoms in total. The molecule has 0 amide bonds. The fourth-order valence-corrected chi connectivity index (χ4v) is 0.675. The van der Waals surface area contributed by atoms with Gasteiger partial charge in [-0.2, -0.15) is 0 Å². The molecule has 0 aliphatic carbocycles. The monoisotopic (exact) mass is 155 g/mol. The van der Waals surface area contributed by atoms with E-state index in [0.717, 1.165) is 0 Å². The fourth-order valence-electron chi connectivity index (χ4n) is 0.675. The normalized spacial score (nSPS) is 13.0. The zero-order valence-corrected chi connectivity index (χ0v) is 6.37. The van der Waals surface area contributed by atoms with E-state index in [0.29, 0.717) is 5.76 Å². The molecular formula is C6H9N3O2. The van der Waals surface area contributed by atoms with Crippen LogP contribution in [0.4, 0.5) is 0 Å². The molecular weight excluding hydrogens is 146 g/mol. The second kappa shape index (κ2) is 2.79. The molecule has 2 N–H and O–H groups in total. The van der Waals surface area contributed by atoms with Crippen LogP contribution in [0, 0.1) is 6.92 Å². The second-order valence-corrected chi connectivity index (χ2v) is 2.33.